The highest BCUT2D eigenvalue weighted by Crippen LogP contribution is 2.05. The molecule has 0 spiro atoms. The number of aromatic nitrogens is 1. The van der Waals surface area contributed by atoms with E-state index in [0.717, 1.165) is 5.56 Å². The third-order valence-corrected chi connectivity index (χ3v) is 2.47. The Hall–Kier alpha value is -2.03. The number of hydrogen-bond donors (Lipinski definition) is 1. The molecule has 1 heterocycles. The molecule has 0 atom stereocenters. The van der Waals surface area contributed by atoms with E-state index in [0.29, 0.717) is 6.54 Å². The average Bonchev–Trinajstić information content (AvgIpc) is 2.28. The third-order valence-electron chi connectivity index (χ3n) is 2.47. The first kappa shape index (κ1) is 10.5. The van der Waals surface area contributed by atoms with Gasteiger partial charge in [-0.1, -0.05) is 29.8 Å². The molecule has 0 unspecified atom stereocenters. The van der Waals surface area contributed by atoms with E-state index in [-0.39, 0.29) is 11.3 Å². The molecule has 16 heavy (non-hydrogen) atoms. The SMILES string of the molecule is Cc1ccc(Cn2cccc(O)c2=O)cc1. The summed E-state index contributed by atoms with van der Waals surface area (Å²) in [7, 11) is 0. The van der Waals surface area contributed by atoms with Crippen molar-refractivity contribution in [1.82, 2.24) is 4.57 Å². The fourth-order valence-electron chi connectivity index (χ4n) is 1.54. The molecule has 0 aliphatic rings. The third kappa shape index (κ3) is 2.14. The summed E-state index contributed by atoms with van der Waals surface area (Å²) in [6, 6.07) is 11.0. The predicted molar refractivity (Wildman–Crippen MR) is 62.6 cm³/mol. The Morgan fingerprint density at radius 2 is 1.88 bits per heavy atom. The lowest BCUT2D eigenvalue weighted by Gasteiger charge is -2.06. The molecular weight excluding hydrogens is 202 g/mol. The molecule has 0 saturated carbocycles. The van der Waals surface area contributed by atoms with Crippen molar-refractivity contribution < 1.29 is 5.11 Å². The first-order chi connectivity index (χ1) is 7.66. The van der Waals surface area contributed by atoms with Gasteiger partial charge in [-0.15, -0.1) is 0 Å². The molecule has 0 bridgehead atoms. The van der Waals surface area contributed by atoms with Gasteiger partial charge in [0.25, 0.3) is 5.56 Å². The number of nitrogens with zero attached hydrogens (tertiary/aromatic N) is 1. The van der Waals surface area contributed by atoms with Crippen molar-refractivity contribution in [2.75, 3.05) is 0 Å². The van der Waals surface area contributed by atoms with Crippen LogP contribution >= 0.6 is 0 Å². The van der Waals surface area contributed by atoms with Gasteiger partial charge in [0.05, 0.1) is 6.54 Å². The average molecular weight is 215 g/mol. The van der Waals surface area contributed by atoms with Crippen LogP contribution in [0.4, 0.5) is 0 Å². The van der Waals surface area contributed by atoms with Crippen LogP contribution in [-0.4, -0.2) is 9.67 Å². The highest BCUT2D eigenvalue weighted by Gasteiger charge is 2.01. The highest BCUT2D eigenvalue weighted by molar-refractivity contribution is 5.22. The van der Waals surface area contributed by atoms with Crippen molar-refractivity contribution in [2.24, 2.45) is 0 Å². The van der Waals surface area contributed by atoms with Crippen LogP contribution in [0.3, 0.4) is 0 Å². The minimum Gasteiger partial charge on any atom is -0.503 e. The Balaban J connectivity index is 2.31. The number of aromatic hydroxyl groups is 1. The molecule has 0 fully saturated rings. The summed E-state index contributed by atoms with van der Waals surface area (Å²) in [5.74, 6) is -0.213. The molecule has 1 aromatic carbocycles. The van der Waals surface area contributed by atoms with Gasteiger partial charge in [-0.3, -0.25) is 4.79 Å². The van der Waals surface area contributed by atoms with Gasteiger partial charge in [0.2, 0.25) is 0 Å². The van der Waals surface area contributed by atoms with E-state index >= 15 is 0 Å². The van der Waals surface area contributed by atoms with Gasteiger partial charge in [0, 0.05) is 6.20 Å². The van der Waals surface area contributed by atoms with E-state index in [9.17, 15) is 9.90 Å². The lowest BCUT2D eigenvalue weighted by molar-refractivity contribution is 0.459. The van der Waals surface area contributed by atoms with Crippen LogP contribution in [0.1, 0.15) is 11.1 Å². The molecule has 1 aromatic heterocycles. The zero-order chi connectivity index (χ0) is 11.5. The minimum absolute atomic E-state index is 0.213. The molecule has 2 aromatic rings. The number of pyridine rings is 1. The Morgan fingerprint density at radius 3 is 2.56 bits per heavy atom. The second kappa shape index (κ2) is 4.23. The smallest absolute Gasteiger partial charge is 0.292 e. The first-order valence-electron chi connectivity index (χ1n) is 5.11. The Kier molecular flexibility index (Phi) is 2.77. The lowest BCUT2D eigenvalue weighted by atomic mass is 10.1. The number of benzene rings is 1. The Bertz CT molecular complexity index is 541. The Labute approximate surface area is 93.6 Å². The zero-order valence-corrected chi connectivity index (χ0v) is 9.05. The first-order valence-corrected chi connectivity index (χ1v) is 5.11. The van der Waals surface area contributed by atoms with Crippen molar-refractivity contribution in [1.29, 1.82) is 0 Å². The van der Waals surface area contributed by atoms with E-state index < -0.39 is 0 Å². The van der Waals surface area contributed by atoms with Gasteiger partial charge in [-0.05, 0) is 24.6 Å². The monoisotopic (exact) mass is 215 g/mol. The summed E-state index contributed by atoms with van der Waals surface area (Å²) in [4.78, 5) is 11.6. The van der Waals surface area contributed by atoms with Crippen LogP contribution < -0.4 is 5.56 Å². The van der Waals surface area contributed by atoms with Crippen molar-refractivity contribution in [3.63, 3.8) is 0 Å². The summed E-state index contributed by atoms with van der Waals surface area (Å²) >= 11 is 0. The largest absolute Gasteiger partial charge is 0.503 e. The van der Waals surface area contributed by atoms with Gasteiger partial charge in [0.15, 0.2) is 5.75 Å². The van der Waals surface area contributed by atoms with Crippen molar-refractivity contribution in [2.45, 2.75) is 13.5 Å². The molecule has 0 aliphatic carbocycles. The van der Waals surface area contributed by atoms with Gasteiger partial charge < -0.3 is 9.67 Å². The summed E-state index contributed by atoms with van der Waals surface area (Å²) in [5, 5.41) is 9.29. The highest BCUT2D eigenvalue weighted by atomic mass is 16.3. The van der Waals surface area contributed by atoms with Gasteiger partial charge >= 0.3 is 0 Å². The van der Waals surface area contributed by atoms with E-state index in [1.807, 2.05) is 31.2 Å². The van der Waals surface area contributed by atoms with Crippen molar-refractivity contribution in [3.05, 3.63) is 64.1 Å². The molecular formula is C13H13NO2. The molecule has 3 heteroatoms. The zero-order valence-electron chi connectivity index (χ0n) is 9.05. The summed E-state index contributed by atoms with van der Waals surface area (Å²) in [6.45, 7) is 2.50. The van der Waals surface area contributed by atoms with E-state index in [1.54, 1.807) is 12.3 Å². The summed E-state index contributed by atoms with van der Waals surface area (Å²) in [5.41, 5.74) is 1.87. The van der Waals surface area contributed by atoms with Gasteiger partial charge in [0.1, 0.15) is 0 Å². The van der Waals surface area contributed by atoms with Crippen LogP contribution in [0, 0.1) is 6.92 Å². The van der Waals surface area contributed by atoms with Gasteiger partial charge in [-0.25, -0.2) is 0 Å². The molecule has 0 radical (unpaired) electrons. The van der Waals surface area contributed by atoms with Crippen LogP contribution in [0.5, 0.6) is 5.75 Å². The van der Waals surface area contributed by atoms with Crippen LogP contribution in [-0.2, 0) is 6.54 Å². The van der Waals surface area contributed by atoms with Crippen molar-refractivity contribution in [3.8, 4) is 5.75 Å². The lowest BCUT2D eigenvalue weighted by Crippen LogP contribution is -2.18. The van der Waals surface area contributed by atoms with Crippen LogP contribution in [0.2, 0.25) is 0 Å². The van der Waals surface area contributed by atoms with E-state index in [4.69, 9.17) is 0 Å². The van der Waals surface area contributed by atoms with Gasteiger partial charge in [-0.2, -0.15) is 0 Å². The van der Waals surface area contributed by atoms with Crippen LogP contribution in [0.25, 0.3) is 0 Å². The summed E-state index contributed by atoms with van der Waals surface area (Å²) < 4.78 is 1.49. The Morgan fingerprint density at radius 1 is 1.19 bits per heavy atom. The molecule has 0 amide bonds. The number of hydrogen-bond acceptors (Lipinski definition) is 2. The minimum atomic E-state index is -0.358. The summed E-state index contributed by atoms with van der Waals surface area (Å²) in [6.07, 6.45) is 1.67. The standard InChI is InChI=1S/C13H13NO2/c1-10-4-6-11(7-5-10)9-14-8-2-3-12(15)13(14)16/h2-8,15H,9H2,1H3. The molecule has 82 valence electrons. The maximum Gasteiger partial charge on any atom is 0.292 e. The van der Waals surface area contributed by atoms with Crippen molar-refractivity contribution >= 4 is 0 Å². The fraction of sp³-hybridized carbons (Fsp3) is 0.154. The predicted octanol–water partition coefficient (Wildman–Crippen LogP) is 1.91. The molecule has 0 saturated heterocycles. The van der Waals surface area contributed by atoms with E-state index in [2.05, 4.69) is 0 Å². The van der Waals surface area contributed by atoms with E-state index in [1.165, 1.54) is 16.2 Å². The second-order valence-corrected chi connectivity index (χ2v) is 3.81. The number of rotatable bonds is 2. The quantitative estimate of drug-likeness (QED) is 0.831. The van der Waals surface area contributed by atoms with Crippen LogP contribution in [0.15, 0.2) is 47.4 Å². The topological polar surface area (TPSA) is 42.2 Å². The fourth-order valence-corrected chi connectivity index (χ4v) is 1.54. The maximum atomic E-state index is 11.6. The number of aryl methyl sites for hydroxylation is 1. The molecule has 1 N–H and O–H groups in total. The molecule has 2 rings (SSSR count). The molecule has 3 nitrogen and oxygen atoms in total. The molecule has 0 aliphatic heterocycles. The normalized spacial score (nSPS) is 10.3. The second-order valence-electron chi connectivity index (χ2n) is 3.81. The maximum absolute atomic E-state index is 11.6.